The van der Waals surface area contributed by atoms with Gasteiger partial charge in [0.05, 0.1) is 17.7 Å². The average molecular weight is 333 g/mol. The quantitative estimate of drug-likeness (QED) is 0.578. The van der Waals surface area contributed by atoms with Gasteiger partial charge in [0.15, 0.2) is 0 Å². The van der Waals surface area contributed by atoms with Crippen LogP contribution in [-0.2, 0) is 4.79 Å². The monoisotopic (exact) mass is 333 g/mol. The molecule has 1 rings (SSSR count). The van der Waals surface area contributed by atoms with Crippen molar-refractivity contribution in [3.63, 3.8) is 0 Å². The molecule has 4 atom stereocenters. The van der Waals surface area contributed by atoms with Crippen molar-refractivity contribution in [3.05, 3.63) is 0 Å². The second kappa shape index (κ2) is 8.29. The summed E-state index contributed by atoms with van der Waals surface area (Å²) in [4.78, 5) is 24.2. The van der Waals surface area contributed by atoms with Gasteiger partial charge < -0.3 is 20.1 Å². The van der Waals surface area contributed by atoms with Crippen LogP contribution in [0.5, 0.6) is 0 Å². The maximum absolute atomic E-state index is 11.2. The lowest BCUT2D eigenvalue weighted by Crippen LogP contribution is -2.67. The molecule has 0 aromatic rings. The Morgan fingerprint density at radius 1 is 1.23 bits per heavy atom. The summed E-state index contributed by atoms with van der Waals surface area (Å²) in [5.41, 5.74) is -1.13. The number of aliphatic hydroxyl groups excluding tert-OH is 2. The van der Waals surface area contributed by atoms with Gasteiger partial charge in [-0.15, -0.1) is 0 Å². The molecule has 128 valence electrons. The van der Waals surface area contributed by atoms with E-state index in [2.05, 4.69) is 0 Å². The SMILES string of the molecule is CC(C)C(O)C(CSC(=O)O)(C(O)C(C)C=O)N1CCCC1. The lowest BCUT2D eigenvalue weighted by molar-refractivity contribution is -0.132. The highest BCUT2D eigenvalue weighted by Gasteiger charge is 2.52. The van der Waals surface area contributed by atoms with Crippen molar-refractivity contribution in [2.45, 2.75) is 51.4 Å². The number of hydrogen-bond acceptors (Lipinski definition) is 6. The molecule has 3 N–H and O–H groups in total. The molecule has 1 fully saturated rings. The fourth-order valence-electron chi connectivity index (χ4n) is 3.23. The standard InChI is InChI=1S/C15H27NO5S/c1-10(2)12(18)15(9-22-14(20)21,13(19)11(3)8-17)16-6-4-5-7-16/h8,10-13,18-19H,4-7,9H2,1-3H3,(H,20,21). The van der Waals surface area contributed by atoms with Crippen LogP contribution >= 0.6 is 11.8 Å². The zero-order chi connectivity index (χ0) is 16.9. The molecule has 1 saturated heterocycles. The Hall–Kier alpha value is -0.630. The highest BCUT2D eigenvalue weighted by molar-refractivity contribution is 8.13. The molecular formula is C15H27NO5S. The van der Waals surface area contributed by atoms with Crippen molar-refractivity contribution < 1.29 is 24.9 Å². The Bertz CT molecular complexity index is 382. The lowest BCUT2D eigenvalue weighted by atomic mass is 9.76. The number of nitrogens with zero attached hydrogens (tertiary/aromatic N) is 1. The van der Waals surface area contributed by atoms with Crippen molar-refractivity contribution in [1.29, 1.82) is 0 Å². The molecular weight excluding hydrogens is 306 g/mol. The first-order chi connectivity index (χ1) is 10.3. The number of hydrogen-bond donors (Lipinski definition) is 3. The van der Waals surface area contributed by atoms with E-state index in [4.69, 9.17) is 5.11 Å². The number of thioether (sulfide) groups is 1. The predicted molar refractivity (Wildman–Crippen MR) is 86.1 cm³/mol. The van der Waals surface area contributed by atoms with Gasteiger partial charge in [-0.05, 0) is 43.6 Å². The third kappa shape index (κ3) is 4.01. The van der Waals surface area contributed by atoms with Crippen LogP contribution in [0.4, 0.5) is 4.79 Å². The van der Waals surface area contributed by atoms with Crippen LogP contribution in [0, 0.1) is 11.8 Å². The zero-order valence-corrected chi connectivity index (χ0v) is 14.3. The van der Waals surface area contributed by atoms with Crippen LogP contribution in [0.1, 0.15) is 33.6 Å². The zero-order valence-electron chi connectivity index (χ0n) is 13.4. The number of aldehydes is 1. The minimum Gasteiger partial charge on any atom is -0.473 e. The first kappa shape index (κ1) is 19.4. The maximum Gasteiger partial charge on any atom is 0.364 e. The van der Waals surface area contributed by atoms with E-state index in [1.54, 1.807) is 6.92 Å². The number of carbonyl (C=O) groups excluding carboxylic acids is 1. The average Bonchev–Trinajstić information content (AvgIpc) is 3.00. The van der Waals surface area contributed by atoms with Gasteiger partial charge in [0, 0.05) is 11.7 Å². The number of carboxylic acid groups (broad SMARTS) is 1. The van der Waals surface area contributed by atoms with Crippen molar-refractivity contribution in [3.8, 4) is 0 Å². The van der Waals surface area contributed by atoms with Crippen LogP contribution < -0.4 is 0 Å². The molecule has 0 spiro atoms. The minimum atomic E-state index is -1.13. The number of rotatable bonds is 8. The molecule has 0 bridgehead atoms. The summed E-state index contributed by atoms with van der Waals surface area (Å²) >= 11 is 0.666. The first-order valence-electron chi connectivity index (χ1n) is 7.69. The van der Waals surface area contributed by atoms with Gasteiger partial charge >= 0.3 is 5.30 Å². The molecule has 1 aliphatic rings. The molecule has 0 aliphatic carbocycles. The summed E-state index contributed by atoms with van der Waals surface area (Å²) in [5, 5.41) is 29.6. The van der Waals surface area contributed by atoms with E-state index in [9.17, 15) is 19.8 Å². The van der Waals surface area contributed by atoms with Crippen LogP contribution in [0.3, 0.4) is 0 Å². The smallest absolute Gasteiger partial charge is 0.364 e. The highest BCUT2D eigenvalue weighted by atomic mass is 32.2. The third-order valence-electron chi connectivity index (χ3n) is 4.49. The lowest BCUT2D eigenvalue weighted by Gasteiger charge is -2.50. The molecule has 7 heteroatoms. The molecule has 0 saturated carbocycles. The van der Waals surface area contributed by atoms with E-state index in [0.29, 0.717) is 31.1 Å². The number of carbonyl (C=O) groups is 2. The maximum atomic E-state index is 11.2. The Kier molecular flexibility index (Phi) is 7.31. The van der Waals surface area contributed by atoms with Gasteiger partial charge in [-0.1, -0.05) is 20.8 Å². The van der Waals surface area contributed by atoms with Crippen LogP contribution in [0.25, 0.3) is 0 Å². The van der Waals surface area contributed by atoms with Crippen LogP contribution in [0.15, 0.2) is 0 Å². The summed E-state index contributed by atoms with van der Waals surface area (Å²) in [6.07, 6.45) is 0.495. The van der Waals surface area contributed by atoms with Crippen molar-refractivity contribution in [2.24, 2.45) is 11.8 Å². The van der Waals surface area contributed by atoms with Crippen LogP contribution in [0.2, 0.25) is 0 Å². The van der Waals surface area contributed by atoms with E-state index in [1.807, 2.05) is 18.7 Å². The molecule has 6 nitrogen and oxygen atoms in total. The molecule has 0 aromatic carbocycles. The van der Waals surface area contributed by atoms with Crippen LogP contribution in [-0.4, -0.2) is 68.4 Å². The topological polar surface area (TPSA) is 98.1 Å². The van der Waals surface area contributed by atoms with Gasteiger partial charge in [-0.25, -0.2) is 4.79 Å². The molecule has 0 radical (unpaired) electrons. The van der Waals surface area contributed by atoms with E-state index >= 15 is 0 Å². The largest absolute Gasteiger partial charge is 0.473 e. The van der Waals surface area contributed by atoms with Gasteiger partial charge in [0.25, 0.3) is 0 Å². The minimum absolute atomic E-state index is 0.0427. The van der Waals surface area contributed by atoms with Gasteiger partial charge in [0.2, 0.25) is 0 Å². The van der Waals surface area contributed by atoms with Crippen molar-refractivity contribution >= 4 is 23.3 Å². The third-order valence-corrected chi connectivity index (χ3v) is 5.34. The normalized spacial score (nSPS) is 23.0. The molecule has 1 heterocycles. The Morgan fingerprint density at radius 3 is 2.18 bits per heavy atom. The molecule has 22 heavy (non-hydrogen) atoms. The summed E-state index contributed by atoms with van der Waals surface area (Å²) in [5.74, 6) is -0.798. The molecule has 4 unspecified atom stereocenters. The summed E-state index contributed by atoms with van der Waals surface area (Å²) in [6, 6.07) is 0. The fraction of sp³-hybridized carbons (Fsp3) is 0.867. The summed E-state index contributed by atoms with van der Waals surface area (Å²) in [6.45, 7) is 6.64. The van der Waals surface area contributed by atoms with E-state index in [1.165, 1.54) is 0 Å². The van der Waals surface area contributed by atoms with E-state index in [-0.39, 0.29) is 11.7 Å². The van der Waals surface area contributed by atoms with Crippen molar-refractivity contribution in [2.75, 3.05) is 18.8 Å². The predicted octanol–water partition coefficient (Wildman–Crippen LogP) is 1.44. The number of likely N-dealkylation sites (tertiary alicyclic amines) is 1. The Balaban J connectivity index is 3.26. The summed E-state index contributed by atoms with van der Waals surface area (Å²) in [7, 11) is 0. The Morgan fingerprint density at radius 2 is 1.77 bits per heavy atom. The van der Waals surface area contributed by atoms with Gasteiger partial charge in [-0.3, -0.25) is 4.90 Å². The number of aliphatic hydroxyl groups is 2. The fourth-order valence-corrected chi connectivity index (χ4v) is 4.11. The molecule has 0 aromatic heterocycles. The molecule has 0 amide bonds. The first-order valence-corrected chi connectivity index (χ1v) is 8.68. The summed E-state index contributed by atoms with van der Waals surface area (Å²) < 4.78 is 0. The van der Waals surface area contributed by atoms with Gasteiger partial charge in [-0.2, -0.15) is 0 Å². The van der Waals surface area contributed by atoms with Crippen molar-refractivity contribution in [1.82, 2.24) is 4.90 Å². The Labute approximate surface area is 135 Å². The van der Waals surface area contributed by atoms with E-state index < -0.39 is 29.0 Å². The second-order valence-corrected chi connectivity index (χ2v) is 7.30. The van der Waals surface area contributed by atoms with E-state index in [0.717, 1.165) is 12.8 Å². The second-order valence-electron chi connectivity index (χ2n) is 6.37. The van der Waals surface area contributed by atoms with Gasteiger partial charge in [0.1, 0.15) is 6.29 Å². The molecule has 1 aliphatic heterocycles. The highest BCUT2D eigenvalue weighted by Crippen LogP contribution is 2.37.